The molecule has 3 aromatic rings. The predicted octanol–water partition coefficient (Wildman–Crippen LogP) is 5.16. The van der Waals surface area contributed by atoms with Crippen molar-refractivity contribution in [3.05, 3.63) is 78.0 Å². The average Bonchev–Trinajstić information content (AvgIpc) is 2.87. The molecule has 184 valence electrons. The van der Waals surface area contributed by atoms with Crippen molar-refractivity contribution in [1.29, 1.82) is 0 Å². The number of aromatic nitrogens is 1. The Morgan fingerprint density at radius 2 is 2.06 bits per heavy atom. The number of methoxy groups -OCH3 is 1. The van der Waals surface area contributed by atoms with E-state index in [-0.39, 0.29) is 5.92 Å². The van der Waals surface area contributed by atoms with Crippen molar-refractivity contribution in [3.63, 3.8) is 0 Å². The van der Waals surface area contributed by atoms with Crippen molar-refractivity contribution >= 4 is 23.1 Å². The second-order valence-electron chi connectivity index (χ2n) is 8.93. The highest BCUT2D eigenvalue weighted by Crippen LogP contribution is 2.32. The minimum absolute atomic E-state index is 0.0535. The molecule has 2 aromatic carbocycles. The number of hydrogen-bond donors (Lipinski definition) is 2. The van der Waals surface area contributed by atoms with Gasteiger partial charge in [0.15, 0.2) is 0 Å². The normalized spacial score (nSPS) is 19.6. The van der Waals surface area contributed by atoms with E-state index in [2.05, 4.69) is 22.0 Å². The molecular weight excluding hydrogens is 444 g/mol. The van der Waals surface area contributed by atoms with Crippen LogP contribution in [-0.2, 0) is 4.74 Å². The predicted molar refractivity (Wildman–Crippen MR) is 135 cm³/mol. The molecule has 7 nitrogen and oxygen atoms in total. The van der Waals surface area contributed by atoms with Crippen LogP contribution in [0.15, 0.2) is 66.9 Å². The summed E-state index contributed by atoms with van der Waals surface area (Å²) < 4.78 is 10.6. The third kappa shape index (κ3) is 6.59. The van der Waals surface area contributed by atoms with Crippen LogP contribution in [0.3, 0.4) is 0 Å². The number of aliphatic hydroxyl groups is 1. The number of rotatable bonds is 9. The topological polar surface area (TPSA) is 92.1 Å². The maximum absolute atomic E-state index is 11.4. The maximum Gasteiger partial charge on any atom is 0.506 e. The van der Waals surface area contributed by atoms with Crippen molar-refractivity contribution in [1.82, 2.24) is 9.88 Å². The first kappa shape index (κ1) is 24.7. The Morgan fingerprint density at radius 3 is 2.83 bits per heavy atom. The van der Waals surface area contributed by atoms with Crippen LogP contribution in [0.4, 0.5) is 4.79 Å². The van der Waals surface area contributed by atoms with Crippen LogP contribution in [0.1, 0.15) is 36.5 Å². The van der Waals surface area contributed by atoms with Gasteiger partial charge in [-0.3, -0.25) is 9.88 Å². The SMILES string of the molecule is COc1cnc2cccc(C(O)CC[C@@H]3CCN(C/C=C/c4ccccc4)C[C@@H]3OC(=O)O)c2c1. The Morgan fingerprint density at radius 1 is 1.23 bits per heavy atom. The highest BCUT2D eigenvalue weighted by atomic mass is 16.7. The second-order valence-corrected chi connectivity index (χ2v) is 8.93. The van der Waals surface area contributed by atoms with E-state index in [9.17, 15) is 15.0 Å². The lowest BCUT2D eigenvalue weighted by atomic mass is 9.87. The third-order valence-electron chi connectivity index (χ3n) is 6.65. The van der Waals surface area contributed by atoms with Crippen LogP contribution in [0.25, 0.3) is 17.0 Å². The molecule has 1 saturated heterocycles. The average molecular weight is 477 g/mol. The second kappa shape index (κ2) is 11.8. The Bertz CT molecular complexity index is 1150. The van der Waals surface area contributed by atoms with Gasteiger partial charge in [0.1, 0.15) is 11.9 Å². The van der Waals surface area contributed by atoms with Gasteiger partial charge in [-0.2, -0.15) is 0 Å². The highest BCUT2D eigenvalue weighted by molar-refractivity contribution is 5.83. The first-order valence-electron chi connectivity index (χ1n) is 12.0. The quantitative estimate of drug-likeness (QED) is 0.412. The first-order chi connectivity index (χ1) is 17.0. The molecule has 0 radical (unpaired) electrons. The fraction of sp³-hybridized carbons (Fsp3) is 0.357. The Labute approximate surface area is 205 Å². The van der Waals surface area contributed by atoms with Crippen molar-refractivity contribution in [3.8, 4) is 5.75 Å². The van der Waals surface area contributed by atoms with E-state index in [1.165, 1.54) is 0 Å². The summed E-state index contributed by atoms with van der Waals surface area (Å²) in [4.78, 5) is 18.0. The molecule has 0 aliphatic carbocycles. The molecule has 1 aromatic heterocycles. The lowest BCUT2D eigenvalue weighted by Crippen LogP contribution is -2.46. The smallest absolute Gasteiger partial charge is 0.495 e. The van der Waals surface area contributed by atoms with Gasteiger partial charge in [0.05, 0.1) is 24.9 Å². The summed E-state index contributed by atoms with van der Waals surface area (Å²) in [5.74, 6) is 0.693. The van der Waals surface area contributed by atoms with Gasteiger partial charge in [-0.05, 0) is 55.0 Å². The fourth-order valence-electron chi connectivity index (χ4n) is 4.77. The van der Waals surface area contributed by atoms with E-state index >= 15 is 0 Å². The van der Waals surface area contributed by atoms with Crippen LogP contribution in [0, 0.1) is 5.92 Å². The number of fused-ring (bicyclic) bond motifs is 1. The molecule has 3 atom stereocenters. The van der Waals surface area contributed by atoms with E-state index in [0.717, 1.165) is 41.5 Å². The zero-order valence-electron chi connectivity index (χ0n) is 19.9. The van der Waals surface area contributed by atoms with Crippen LogP contribution >= 0.6 is 0 Å². The largest absolute Gasteiger partial charge is 0.506 e. The number of hydrogen-bond acceptors (Lipinski definition) is 6. The number of nitrogens with zero attached hydrogens (tertiary/aromatic N) is 2. The summed E-state index contributed by atoms with van der Waals surface area (Å²) in [6, 6.07) is 17.7. The van der Waals surface area contributed by atoms with Crippen LogP contribution in [0.2, 0.25) is 0 Å². The molecule has 0 saturated carbocycles. The van der Waals surface area contributed by atoms with Gasteiger partial charge in [-0.15, -0.1) is 0 Å². The van der Waals surface area contributed by atoms with Gasteiger partial charge in [-0.25, -0.2) is 4.79 Å². The molecule has 35 heavy (non-hydrogen) atoms. The first-order valence-corrected chi connectivity index (χ1v) is 12.0. The number of carboxylic acid groups (broad SMARTS) is 1. The molecule has 1 unspecified atom stereocenters. The highest BCUT2D eigenvalue weighted by Gasteiger charge is 2.32. The standard InChI is InChI=1S/C28H32N2O5/c1-34-22-17-24-23(10-5-11-25(24)29-18-22)26(31)13-12-21-14-16-30(19-27(21)35-28(32)33)15-6-9-20-7-3-2-4-8-20/h2-11,17-18,21,26-27,31H,12-16,19H2,1H3,(H,32,33)/b9-6+/t21-,26?,27+/m1/s1. The van der Waals surface area contributed by atoms with Crippen molar-refractivity contribution in [2.75, 3.05) is 26.7 Å². The lowest BCUT2D eigenvalue weighted by Gasteiger charge is -2.37. The van der Waals surface area contributed by atoms with Crippen molar-refractivity contribution in [2.24, 2.45) is 5.92 Å². The van der Waals surface area contributed by atoms with Crippen molar-refractivity contribution < 1.29 is 24.5 Å². The van der Waals surface area contributed by atoms with Gasteiger partial charge >= 0.3 is 6.16 Å². The monoisotopic (exact) mass is 476 g/mol. The van der Waals surface area contributed by atoms with E-state index in [1.807, 2.05) is 54.6 Å². The van der Waals surface area contributed by atoms with Crippen LogP contribution in [-0.4, -0.2) is 59.1 Å². The molecule has 0 amide bonds. The summed E-state index contributed by atoms with van der Waals surface area (Å²) in [6.07, 6.45) is 5.45. The van der Waals surface area contributed by atoms with Gasteiger partial charge in [0.2, 0.25) is 0 Å². The molecule has 0 spiro atoms. The number of carbonyl (C=O) groups is 1. The summed E-state index contributed by atoms with van der Waals surface area (Å²) in [7, 11) is 1.59. The summed E-state index contributed by atoms with van der Waals surface area (Å²) in [5.41, 5.74) is 2.73. The summed E-state index contributed by atoms with van der Waals surface area (Å²) in [6.45, 7) is 2.13. The number of piperidine rings is 1. The Balaban J connectivity index is 1.38. The number of ether oxygens (including phenoxy) is 2. The maximum atomic E-state index is 11.4. The molecular formula is C28H32N2O5. The molecule has 7 heteroatoms. The van der Waals surface area contributed by atoms with E-state index in [0.29, 0.717) is 25.1 Å². The fourth-order valence-corrected chi connectivity index (χ4v) is 4.77. The van der Waals surface area contributed by atoms with Gasteiger partial charge in [0, 0.05) is 18.5 Å². The van der Waals surface area contributed by atoms with E-state index < -0.39 is 18.4 Å². The molecule has 0 bridgehead atoms. The molecule has 1 aliphatic rings. The summed E-state index contributed by atoms with van der Waals surface area (Å²) >= 11 is 0. The number of likely N-dealkylation sites (tertiary alicyclic amines) is 1. The number of pyridine rings is 1. The van der Waals surface area contributed by atoms with Crippen molar-refractivity contribution in [2.45, 2.75) is 31.5 Å². The summed E-state index contributed by atoms with van der Waals surface area (Å²) in [5, 5.41) is 21.2. The Kier molecular flexibility index (Phi) is 8.34. The van der Waals surface area contributed by atoms with Crippen LogP contribution < -0.4 is 4.74 Å². The van der Waals surface area contributed by atoms with Crippen LogP contribution in [0.5, 0.6) is 5.75 Å². The van der Waals surface area contributed by atoms with E-state index in [4.69, 9.17) is 9.47 Å². The van der Waals surface area contributed by atoms with Gasteiger partial charge in [0.25, 0.3) is 0 Å². The molecule has 1 aliphatic heterocycles. The number of benzene rings is 2. The zero-order chi connectivity index (χ0) is 24.6. The van der Waals surface area contributed by atoms with Gasteiger partial charge < -0.3 is 19.7 Å². The van der Waals surface area contributed by atoms with E-state index in [1.54, 1.807) is 13.3 Å². The minimum Gasteiger partial charge on any atom is -0.495 e. The van der Waals surface area contributed by atoms with Gasteiger partial charge in [-0.1, -0.05) is 54.6 Å². The zero-order valence-corrected chi connectivity index (χ0v) is 19.9. The molecule has 1 fully saturated rings. The third-order valence-corrected chi connectivity index (χ3v) is 6.65. The Hall–Kier alpha value is -3.42. The molecule has 4 rings (SSSR count). The lowest BCUT2D eigenvalue weighted by molar-refractivity contribution is -0.0211. The molecule has 2 heterocycles. The number of aliphatic hydroxyl groups excluding tert-OH is 1. The molecule has 2 N–H and O–H groups in total. The minimum atomic E-state index is -1.26.